The lowest BCUT2D eigenvalue weighted by molar-refractivity contribution is 0.662. The first-order valence-electron chi connectivity index (χ1n) is 22.3. The molecule has 0 N–H and O–H groups in total. The second-order valence-electron chi connectivity index (χ2n) is 17.9. The highest BCUT2D eigenvalue weighted by atomic mass is 16.3. The largest absolute Gasteiger partial charge is 0.456 e. The zero-order valence-corrected chi connectivity index (χ0v) is 36.0. The van der Waals surface area contributed by atoms with E-state index in [1.165, 1.54) is 33.4 Å². The summed E-state index contributed by atoms with van der Waals surface area (Å²) in [7, 11) is 0. The van der Waals surface area contributed by atoms with E-state index in [9.17, 15) is 0 Å². The van der Waals surface area contributed by atoms with Gasteiger partial charge in [-0.3, -0.25) is 0 Å². The van der Waals surface area contributed by atoms with Gasteiger partial charge in [0.05, 0.1) is 0 Å². The molecule has 13 aromatic rings. The van der Waals surface area contributed by atoms with Crippen molar-refractivity contribution < 1.29 is 13.3 Å². The maximum Gasteiger partial charge on any atom is 0.164 e. The molecule has 4 heterocycles. The van der Waals surface area contributed by atoms with Crippen LogP contribution in [-0.2, 0) is 5.41 Å². The van der Waals surface area contributed by atoms with Gasteiger partial charge in [0.25, 0.3) is 0 Å². The van der Waals surface area contributed by atoms with Crippen molar-refractivity contribution in [3.8, 4) is 67.5 Å². The first kappa shape index (κ1) is 36.8. The molecule has 6 heteroatoms. The van der Waals surface area contributed by atoms with Gasteiger partial charge in [0.1, 0.15) is 33.5 Å². The van der Waals surface area contributed by atoms with Crippen molar-refractivity contribution in [2.45, 2.75) is 19.3 Å². The Morgan fingerprint density at radius 2 is 0.833 bits per heavy atom. The Balaban J connectivity index is 0.949. The van der Waals surface area contributed by atoms with E-state index in [1.807, 2.05) is 66.7 Å². The third-order valence-corrected chi connectivity index (χ3v) is 13.7. The molecule has 0 aliphatic heterocycles. The molecule has 4 aromatic heterocycles. The molecular weight excluding hydrogens is 811 g/mol. The van der Waals surface area contributed by atoms with E-state index in [4.69, 9.17) is 28.2 Å². The Hall–Kier alpha value is -8.61. The standard InChI is InChI=1S/C60H37N3O3/c1-60(2)47-22-6-3-15-39(47)42-19-10-18-38(56(42)60)36-14-9-13-34(31-36)35-28-30-50-46(32-35)55-45(21-12-26-52(55)65-50)59-62-57(37-27-29-41-40-16-4-7-23-48(40)66-53(41)33-37)61-58(63-59)44-20-11-25-51-54(44)43-17-5-8-24-49(43)64-51/h3-33H,1-2H3. The number of rotatable bonds is 5. The molecule has 1 aliphatic carbocycles. The van der Waals surface area contributed by atoms with Gasteiger partial charge in [-0.2, -0.15) is 0 Å². The lowest BCUT2D eigenvalue weighted by Crippen LogP contribution is -2.16. The fourth-order valence-corrected chi connectivity index (χ4v) is 10.7. The minimum atomic E-state index is -0.128. The molecule has 0 fully saturated rings. The van der Waals surface area contributed by atoms with Crippen LogP contribution in [0.2, 0.25) is 0 Å². The van der Waals surface area contributed by atoms with E-state index in [1.54, 1.807) is 0 Å². The third kappa shape index (κ3) is 5.39. The van der Waals surface area contributed by atoms with E-state index < -0.39 is 0 Å². The Labute approximate surface area is 378 Å². The summed E-state index contributed by atoms with van der Waals surface area (Å²) in [5, 5.41) is 5.98. The van der Waals surface area contributed by atoms with Crippen molar-refractivity contribution >= 4 is 65.8 Å². The quantitative estimate of drug-likeness (QED) is 0.172. The molecule has 14 rings (SSSR count). The van der Waals surface area contributed by atoms with Gasteiger partial charge in [0.2, 0.25) is 0 Å². The smallest absolute Gasteiger partial charge is 0.164 e. The van der Waals surface area contributed by atoms with Crippen LogP contribution in [0, 0.1) is 0 Å². The summed E-state index contributed by atoms with van der Waals surface area (Å²) in [6, 6.07) is 65.5. The summed E-state index contributed by atoms with van der Waals surface area (Å²) in [4.78, 5) is 15.8. The van der Waals surface area contributed by atoms with Gasteiger partial charge in [0, 0.05) is 54.4 Å². The third-order valence-electron chi connectivity index (χ3n) is 13.7. The molecule has 310 valence electrons. The molecule has 9 aromatic carbocycles. The molecule has 6 nitrogen and oxygen atoms in total. The molecule has 0 radical (unpaired) electrons. The monoisotopic (exact) mass is 847 g/mol. The first-order chi connectivity index (χ1) is 32.4. The predicted octanol–water partition coefficient (Wildman–Crippen LogP) is 16.2. The highest BCUT2D eigenvalue weighted by Gasteiger charge is 2.37. The number of nitrogens with zero attached hydrogens (tertiary/aromatic N) is 3. The number of aromatic nitrogens is 3. The van der Waals surface area contributed by atoms with E-state index in [0.717, 1.165) is 93.6 Å². The van der Waals surface area contributed by atoms with Crippen molar-refractivity contribution in [3.05, 3.63) is 199 Å². The first-order valence-corrected chi connectivity index (χ1v) is 22.3. The van der Waals surface area contributed by atoms with Crippen molar-refractivity contribution in [1.29, 1.82) is 0 Å². The molecule has 0 amide bonds. The average molecular weight is 848 g/mol. The Morgan fingerprint density at radius 1 is 0.318 bits per heavy atom. The Morgan fingerprint density at radius 3 is 1.64 bits per heavy atom. The van der Waals surface area contributed by atoms with Gasteiger partial charge in [0.15, 0.2) is 17.5 Å². The summed E-state index contributed by atoms with van der Waals surface area (Å²) in [6.07, 6.45) is 0. The van der Waals surface area contributed by atoms with Gasteiger partial charge in [-0.05, 0) is 99.1 Å². The Kier molecular flexibility index (Phi) is 7.64. The van der Waals surface area contributed by atoms with Gasteiger partial charge in [-0.15, -0.1) is 0 Å². The van der Waals surface area contributed by atoms with Crippen LogP contribution in [0.1, 0.15) is 25.0 Å². The fourth-order valence-electron chi connectivity index (χ4n) is 10.7. The summed E-state index contributed by atoms with van der Waals surface area (Å²) < 4.78 is 19.3. The lowest BCUT2D eigenvalue weighted by Gasteiger charge is -2.24. The summed E-state index contributed by atoms with van der Waals surface area (Å²) in [5.74, 6) is 1.60. The van der Waals surface area contributed by atoms with Crippen LogP contribution in [0.5, 0.6) is 0 Å². The molecule has 1 aliphatic rings. The minimum Gasteiger partial charge on any atom is -0.456 e. The molecule has 0 saturated heterocycles. The number of fused-ring (bicyclic) bond motifs is 12. The fraction of sp³-hybridized carbons (Fsp3) is 0.0500. The van der Waals surface area contributed by atoms with Crippen molar-refractivity contribution in [1.82, 2.24) is 15.0 Å². The topological polar surface area (TPSA) is 78.1 Å². The van der Waals surface area contributed by atoms with E-state index in [0.29, 0.717) is 17.5 Å². The second kappa shape index (κ2) is 13.7. The number of benzene rings is 9. The molecule has 66 heavy (non-hydrogen) atoms. The van der Waals surface area contributed by atoms with Gasteiger partial charge >= 0.3 is 0 Å². The highest BCUT2D eigenvalue weighted by Crippen LogP contribution is 2.52. The molecule has 0 spiro atoms. The molecule has 0 saturated carbocycles. The van der Waals surface area contributed by atoms with Crippen LogP contribution in [0.15, 0.2) is 201 Å². The van der Waals surface area contributed by atoms with Crippen LogP contribution in [-0.4, -0.2) is 15.0 Å². The maximum absolute atomic E-state index is 6.61. The van der Waals surface area contributed by atoms with Gasteiger partial charge in [-0.1, -0.05) is 147 Å². The molecular formula is C60H37N3O3. The highest BCUT2D eigenvalue weighted by molar-refractivity contribution is 6.14. The van der Waals surface area contributed by atoms with E-state index in [2.05, 4.69) is 135 Å². The number of furan rings is 3. The second-order valence-corrected chi connectivity index (χ2v) is 17.9. The molecule has 0 atom stereocenters. The van der Waals surface area contributed by atoms with Crippen LogP contribution < -0.4 is 0 Å². The van der Waals surface area contributed by atoms with Crippen molar-refractivity contribution in [2.75, 3.05) is 0 Å². The predicted molar refractivity (Wildman–Crippen MR) is 266 cm³/mol. The summed E-state index contributed by atoms with van der Waals surface area (Å²) >= 11 is 0. The summed E-state index contributed by atoms with van der Waals surface area (Å²) in [6.45, 7) is 4.69. The van der Waals surface area contributed by atoms with Gasteiger partial charge in [-0.25, -0.2) is 15.0 Å². The SMILES string of the molecule is CC1(C)c2ccccc2-c2cccc(-c3cccc(-c4ccc5oc6cccc(-c7nc(-c8ccc9c(c8)oc8ccccc89)nc(-c8cccc9oc%10ccccc%10c89)n7)c6c5c4)c3)c21. The maximum atomic E-state index is 6.61. The average Bonchev–Trinajstić information content (AvgIpc) is 4.11. The van der Waals surface area contributed by atoms with Crippen molar-refractivity contribution in [3.63, 3.8) is 0 Å². The number of hydrogen-bond donors (Lipinski definition) is 0. The lowest BCUT2D eigenvalue weighted by atomic mass is 9.78. The zero-order valence-electron chi connectivity index (χ0n) is 36.0. The molecule has 0 unspecified atom stereocenters. The van der Waals surface area contributed by atoms with E-state index in [-0.39, 0.29) is 5.41 Å². The number of para-hydroxylation sites is 2. The number of hydrogen-bond acceptors (Lipinski definition) is 6. The normalized spacial score (nSPS) is 13.1. The van der Waals surface area contributed by atoms with Crippen molar-refractivity contribution in [2.24, 2.45) is 0 Å². The van der Waals surface area contributed by atoms with Crippen LogP contribution >= 0.6 is 0 Å². The van der Waals surface area contributed by atoms with E-state index >= 15 is 0 Å². The van der Waals surface area contributed by atoms with Crippen LogP contribution in [0.25, 0.3) is 133 Å². The summed E-state index contributed by atoms with van der Waals surface area (Å²) in [5.41, 5.74) is 17.1. The minimum absolute atomic E-state index is 0.128. The van der Waals surface area contributed by atoms with Gasteiger partial charge < -0.3 is 13.3 Å². The Bertz CT molecular complexity index is 4170. The van der Waals surface area contributed by atoms with Crippen LogP contribution in [0.3, 0.4) is 0 Å². The molecule has 0 bridgehead atoms. The van der Waals surface area contributed by atoms with Crippen LogP contribution in [0.4, 0.5) is 0 Å². The zero-order chi connectivity index (χ0) is 43.7.